The average Bonchev–Trinajstić information content (AvgIpc) is 3.71. The summed E-state index contributed by atoms with van der Waals surface area (Å²) in [6.45, 7) is 4.16. The Bertz CT molecular complexity index is 1250. The van der Waals surface area contributed by atoms with Crippen LogP contribution in [0.1, 0.15) is 36.3 Å². The Morgan fingerprint density at radius 2 is 0.892 bits per heavy atom. The van der Waals surface area contributed by atoms with Gasteiger partial charge in [-0.3, -0.25) is 4.90 Å². The van der Waals surface area contributed by atoms with Crippen LogP contribution in [0.3, 0.4) is 0 Å². The maximum Gasteiger partial charge on any atom is 0.0967 e. The molecule has 10 nitrogen and oxygen atoms in total. The number of nitrogens with zero attached hydrogens (tertiary/aromatic N) is 10. The molecule has 0 atom stereocenters. The topological polar surface area (TPSA) is 95.4 Å². The molecular weight excluding hydrogens is 464 g/mol. The first kappa shape index (κ1) is 23.2. The first-order valence-electron chi connectivity index (χ1n) is 12.7. The molecule has 37 heavy (non-hydrogen) atoms. The maximum atomic E-state index is 4.44. The lowest BCUT2D eigenvalue weighted by molar-refractivity contribution is 0.238. The van der Waals surface area contributed by atoms with E-state index in [1.165, 1.54) is 16.7 Å². The molecule has 0 radical (unpaired) electrons. The van der Waals surface area contributed by atoms with Crippen LogP contribution in [-0.4, -0.2) is 49.9 Å². The van der Waals surface area contributed by atoms with Crippen LogP contribution >= 0.6 is 0 Å². The van der Waals surface area contributed by atoms with Gasteiger partial charge in [0.15, 0.2) is 0 Å². The van der Waals surface area contributed by atoms with Gasteiger partial charge in [0.2, 0.25) is 0 Å². The van der Waals surface area contributed by atoms with Crippen molar-refractivity contribution in [2.45, 2.75) is 58.5 Å². The summed E-state index contributed by atoms with van der Waals surface area (Å²) in [5.41, 5.74) is 6.74. The highest BCUT2D eigenvalue weighted by molar-refractivity contribution is 5.24. The largest absolute Gasteiger partial charge is 0.285 e. The van der Waals surface area contributed by atoms with E-state index in [9.17, 15) is 0 Å². The third-order valence-electron chi connectivity index (χ3n) is 6.55. The highest BCUT2D eigenvalue weighted by Gasteiger charge is 2.16. The van der Waals surface area contributed by atoms with Gasteiger partial charge in [-0.15, -0.1) is 15.3 Å². The Morgan fingerprint density at radius 3 is 1.19 bits per heavy atom. The van der Waals surface area contributed by atoms with Crippen LogP contribution in [0.4, 0.5) is 0 Å². The van der Waals surface area contributed by atoms with E-state index in [0.717, 1.165) is 56.0 Å². The predicted octanol–water partition coefficient (Wildman–Crippen LogP) is 3.32. The third kappa shape index (κ3) is 6.15. The fourth-order valence-electron chi connectivity index (χ4n) is 4.77. The summed E-state index contributed by atoms with van der Waals surface area (Å²) in [6.07, 6.45) is 28.2. The molecule has 188 valence electrons. The summed E-state index contributed by atoms with van der Waals surface area (Å²) in [5, 5.41) is 26.4. The van der Waals surface area contributed by atoms with E-state index in [0.29, 0.717) is 19.6 Å². The molecule has 0 bridgehead atoms. The molecule has 10 heteroatoms. The normalized spacial score (nSPS) is 16.3. The second-order valence-electron chi connectivity index (χ2n) is 9.74. The fraction of sp³-hybridized carbons (Fsp3) is 0.333. The molecule has 0 amide bonds. The second-order valence-corrected chi connectivity index (χ2v) is 9.74. The van der Waals surface area contributed by atoms with Crippen molar-refractivity contribution in [2.75, 3.05) is 0 Å². The van der Waals surface area contributed by atoms with Crippen molar-refractivity contribution >= 4 is 0 Å². The smallest absolute Gasteiger partial charge is 0.0967 e. The minimum Gasteiger partial charge on any atom is -0.285 e. The lowest BCUT2D eigenvalue weighted by Gasteiger charge is -2.18. The zero-order chi connectivity index (χ0) is 24.9. The number of hydrogen-bond donors (Lipinski definition) is 0. The van der Waals surface area contributed by atoms with E-state index in [2.05, 4.69) is 90.5 Å². The summed E-state index contributed by atoms with van der Waals surface area (Å²) in [7, 11) is 0. The monoisotopic (exact) mass is 494 g/mol. The SMILES string of the molecule is C1=CCC(Cn2cc(CN(Cc3cn(CC4=CC=CC4)nn3)Cc3cn(CC4=CC=CC4)nn3)nn2)=C1. The van der Waals surface area contributed by atoms with Crippen LogP contribution < -0.4 is 0 Å². The summed E-state index contributed by atoms with van der Waals surface area (Å²) in [4.78, 5) is 2.26. The molecule has 3 aliphatic carbocycles. The minimum absolute atomic E-state index is 0.626. The highest BCUT2D eigenvalue weighted by atomic mass is 15.4. The van der Waals surface area contributed by atoms with Gasteiger partial charge in [-0.05, 0) is 36.0 Å². The zero-order valence-electron chi connectivity index (χ0n) is 20.8. The molecule has 3 aliphatic rings. The molecule has 0 aromatic carbocycles. The zero-order valence-corrected chi connectivity index (χ0v) is 20.8. The molecule has 3 aromatic heterocycles. The Labute approximate surface area is 215 Å². The molecule has 0 saturated heterocycles. The lowest BCUT2D eigenvalue weighted by Crippen LogP contribution is -2.23. The summed E-state index contributed by atoms with van der Waals surface area (Å²) in [5.74, 6) is 0. The van der Waals surface area contributed by atoms with Crippen LogP contribution in [0.2, 0.25) is 0 Å². The maximum absolute atomic E-state index is 4.44. The number of allylic oxidation sites excluding steroid dienone is 12. The first-order chi connectivity index (χ1) is 18.2. The number of hydrogen-bond acceptors (Lipinski definition) is 7. The Hall–Kier alpha value is -4.18. The van der Waals surface area contributed by atoms with E-state index in [-0.39, 0.29) is 0 Å². The number of rotatable bonds is 12. The molecule has 6 rings (SSSR count). The van der Waals surface area contributed by atoms with Crippen molar-refractivity contribution in [3.05, 3.63) is 107 Å². The third-order valence-corrected chi connectivity index (χ3v) is 6.55. The fourth-order valence-corrected chi connectivity index (χ4v) is 4.77. The van der Waals surface area contributed by atoms with Gasteiger partial charge in [0.05, 0.1) is 55.3 Å². The summed E-state index contributed by atoms with van der Waals surface area (Å²) >= 11 is 0. The molecule has 0 fully saturated rings. The van der Waals surface area contributed by atoms with Crippen molar-refractivity contribution in [1.29, 1.82) is 0 Å². The van der Waals surface area contributed by atoms with Gasteiger partial charge in [-0.2, -0.15) is 0 Å². The minimum atomic E-state index is 0.626. The molecule has 0 aliphatic heterocycles. The van der Waals surface area contributed by atoms with Gasteiger partial charge in [0, 0.05) is 19.6 Å². The van der Waals surface area contributed by atoms with Crippen molar-refractivity contribution in [2.24, 2.45) is 0 Å². The molecule has 0 spiro atoms. The average molecular weight is 495 g/mol. The van der Waals surface area contributed by atoms with E-state index in [4.69, 9.17) is 0 Å². The Kier molecular flexibility index (Phi) is 6.80. The molecule has 0 saturated carbocycles. The first-order valence-corrected chi connectivity index (χ1v) is 12.7. The highest BCUT2D eigenvalue weighted by Crippen LogP contribution is 2.16. The molecule has 3 aromatic rings. The van der Waals surface area contributed by atoms with Crippen LogP contribution in [-0.2, 0) is 39.3 Å². The van der Waals surface area contributed by atoms with Crippen LogP contribution in [0.5, 0.6) is 0 Å². The van der Waals surface area contributed by atoms with Gasteiger partial charge < -0.3 is 0 Å². The Morgan fingerprint density at radius 1 is 0.541 bits per heavy atom. The molecular formula is C27H30N10. The lowest BCUT2D eigenvalue weighted by atomic mass is 10.2. The summed E-state index contributed by atoms with van der Waals surface area (Å²) in [6, 6.07) is 0. The van der Waals surface area contributed by atoms with Crippen LogP contribution in [0, 0.1) is 0 Å². The quantitative estimate of drug-likeness (QED) is 0.381. The molecule has 0 N–H and O–H groups in total. The van der Waals surface area contributed by atoms with E-state index < -0.39 is 0 Å². The van der Waals surface area contributed by atoms with Crippen LogP contribution in [0.15, 0.2) is 90.0 Å². The van der Waals surface area contributed by atoms with E-state index in [1.807, 2.05) is 32.6 Å². The van der Waals surface area contributed by atoms with Gasteiger partial charge in [0.1, 0.15) is 0 Å². The van der Waals surface area contributed by atoms with Gasteiger partial charge in [0.25, 0.3) is 0 Å². The van der Waals surface area contributed by atoms with Crippen molar-refractivity contribution < 1.29 is 0 Å². The van der Waals surface area contributed by atoms with Gasteiger partial charge in [-0.1, -0.05) is 70.3 Å². The van der Waals surface area contributed by atoms with Crippen molar-refractivity contribution in [3.63, 3.8) is 0 Å². The van der Waals surface area contributed by atoms with E-state index >= 15 is 0 Å². The van der Waals surface area contributed by atoms with Gasteiger partial charge >= 0.3 is 0 Å². The predicted molar refractivity (Wildman–Crippen MR) is 139 cm³/mol. The Balaban J connectivity index is 1.14. The molecule has 3 heterocycles. The second kappa shape index (κ2) is 10.8. The number of aromatic nitrogens is 9. The van der Waals surface area contributed by atoms with E-state index in [1.54, 1.807) is 0 Å². The van der Waals surface area contributed by atoms with Crippen molar-refractivity contribution in [1.82, 2.24) is 49.9 Å². The van der Waals surface area contributed by atoms with Crippen LogP contribution in [0.25, 0.3) is 0 Å². The van der Waals surface area contributed by atoms with Gasteiger partial charge in [-0.25, -0.2) is 14.0 Å². The standard InChI is InChI=1S/C27H30N10/c1-2-8-22(7-1)13-35-19-25(28-31-35)16-34(17-26-20-36(32-29-26)14-23-9-3-4-10-23)18-27-21-37(33-30-27)15-24-11-5-6-12-24/h1-7,9,11,19-21H,8,10,12-18H2. The summed E-state index contributed by atoms with van der Waals surface area (Å²) < 4.78 is 5.73. The molecule has 0 unspecified atom stereocenters. The van der Waals surface area contributed by atoms with Crippen molar-refractivity contribution in [3.8, 4) is 0 Å².